The molecule has 0 atom stereocenters. The van der Waals surface area contributed by atoms with Crippen LogP contribution in [-0.2, 0) is 6.42 Å². The van der Waals surface area contributed by atoms with Crippen molar-refractivity contribution in [3.8, 4) is 0 Å². The Bertz CT molecular complexity index is 903. The summed E-state index contributed by atoms with van der Waals surface area (Å²) in [6.45, 7) is 1.94. The second-order valence-corrected chi connectivity index (χ2v) is 6.06. The van der Waals surface area contributed by atoms with Gasteiger partial charge >= 0.3 is 6.03 Å². The predicted octanol–water partition coefficient (Wildman–Crippen LogP) is 5.06. The summed E-state index contributed by atoms with van der Waals surface area (Å²) in [6.07, 6.45) is 0.335. The Balaban J connectivity index is 1.59. The number of carbonyl (C=O) groups excluding carboxylic acids is 2. The van der Waals surface area contributed by atoms with Gasteiger partial charge in [0.2, 0.25) is 0 Å². The van der Waals surface area contributed by atoms with E-state index in [1.165, 1.54) is 0 Å². The minimum atomic E-state index is -0.306. The van der Waals surface area contributed by atoms with Crippen molar-refractivity contribution in [1.29, 1.82) is 0 Å². The molecule has 0 aliphatic rings. The van der Waals surface area contributed by atoms with Gasteiger partial charge in [-0.2, -0.15) is 0 Å². The van der Waals surface area contributed by atoms with Gasteiger partial charge in [-0.05, 0) is 42.3 Å². The number of urea groups is 1. The molecular weight excluding hydrogens is 324 g/mol. The van der Waals surface area contributed by atoms with Crippen LogP contribution in [0.1, 0.15) is 21.5 Å². The van der Waals surface area contributed by atoms with Crippen molar-refractivity contribution in [3.63, 3.8) is 0 Å². The SMILES string of the molecule is Cc1ccccc1C(=O)Cc1ccc(NC(=O)Nc2ccccc2)cc1. The zero-order chi connectivity index (χ0) is 18.4. The molecule has 26 heavy (non-hydrogen) atoms. The van der Waals surface area contributed by atoms with Gasteiger partial charge < -0.3 is 10.6 Å². The van der Waals surface area contributed by atoms with E-state index in [0.717, 1.165) is 22.4 Å². The summed E-state index contributed by atoms with van der Waals surface area (Å²) >= 11 is 0. The highest BCUT2D eigenvalue weighted by Gasteiger charge is 2.09. The van der Waals surface area contributed by atoms with Gasteiger partial charge in [-0.1, -0.05) is 54.6 Å². The largest absolute Gasteiger partial charge is 0.323 e. The van der Waals surface area contributed by atoms with E-state index in [0.29, 0.717) is 12.1 Å². The predicted molar refractivity (Wildman–Crippen MR) is 105 cm³/mol. The quantitative estimate of drug-likeness (QED) is 0.635. The van der Waals surface area contributed by atoms with Gasteiger partial charge in [0.15, 0.2) is 5.78 Å². The van der Waals surface area contributed by atoms with Crippen molar-refractivity contribution in [2.45, 2.75) is 13.3 Å². The van der Waals surface area contributed by atoms with E-state index in [-0.39, 0.29) is 11.8 Å². The van der Waals surface area contributed by atoms with Crippen molar-refractivity contribution >= 4 is 23.2 Å². The highest BCUT2D eigenvalue weighted by Crippen LogP contribution is 2.15. The summed E-state index contributed by atoms with van der Waals surface area (Å²) in [4.78, 5) is 24.4. The number of rotatable bonds is 5. The van der Waals surface area contributed by atoms with E-state index < -0.39 is 0 Å². The smallest absolute Gasteiger partial charge is 0.308 e. The van der Waals surface area contributed by atoms with E-state index in [9.17, 15) is 9.59 Å². The molecule has 0 aliphatic carbocycles. The van der Waals surface area contributed by atoms with Gasteiger partial charge in [0.25, 0.3) is 0 Å². The number of nitrogens with one attached hydrogen (secondary N) is 2. The van der Waals surface area contributed by atoms with Crippen molar-refractivity contribution in [1.82, 2.24) is 0 Å². The molecule has 2 N–H and O–H groups in total. The van der Waals surface area contributed by atoms with Crippen molar-refractivity contribution in [2.75, 3.05) is 10.6 Å². The number of benzene rings is 3. The van der Waals surface area contributed by atoms with Crippen LogP contribution in [0, 0.1) is 6.92 Å². The van der Waals surface area contributed by atoms with Gasteiger partial charge in [0, 0.05) is 23.4 Å². The minimum Gasteiger partial charge on any atom is -0.308 e. The lowest BCUT2D eigenvalue weighted by atomic mass is 9.99. The Labute approximate surface area is 152 Å². The van der Waals surface area contributed by atoms with Gasteiger partial charge in [0.1, 0.15) is 0 Å². The number of aryl methyl sites for hydroxylation is 1. The normalized spacial score (nSPS) is 10.2. The average Bonchev–Trinajstić information content (AvgIpc) is 2.64. The second kappa shape index (κ2) is 8.12. The summed E-state index contributed by atoms with van der Waals surface area (Å²) in [5, 5.41) is 5.54. The summed E-state index contributed by atoms with van der Waals surface area (Å²) in [7, 11) is 0. The van der Waals surface area contributed by atoms with Crippen LogP contribution < -0.4 is 10.6 Å². The third kappa shape index (κ3) is 4.57. The molecule has 0 aromatic heterocycles. The third-order valence-corrected chi connectivity index (χ3v) is 4.05. The molecule has 0 bridgehead atoms. The van der Waals surface area contributed by atoms with Crippen LogP contribution in [0.15, 0.2) is 78.9 Å². The molecule has 0 unspecified atom stereocenters. The molecule has 2 amide bonds. The monoisotopic (exact) mass is 344 g/mol. The van der Waals surface area contributed by atoms with E-state index in [1.54, 1.807) is 12.1 Å². The number of ketones is 1. The number of carbonyl (C=O) groups is 2. The van der Waals surface area contributed by atoms with Crippen LogP contribution in [-0.4, -0.2) is 11.8 Å². The molecule has 0 saturated carbocycles. The summed E-state index contributed by atoms with van der Waals surface area (Å²) in [6, 6.07) is 23.8. The Morgan fingerprint density at radius 2 is 1.31 bits per heavy atom. The van der Waals surface area contributed by atoms with Crippen LogP contribution in [0.25, 0.3) is 0 Å². The fraction of sp³-hybridized carbons (Fsp3) is 0.0909. The molecule has 0 radical (unpaired) electrons. The fourth-order valence-corrected chi connectivity index (χ4v) is 2.69. The Hall–Kier alpha value is -3.40. The molecule has 0 heterocycles. The molecule has 4 nitrogen and oxygen atoms in total. The number of amides is 2. The first-order valence-corrected chi connectivity index (χ1v) is 8.42. The first-order valence-electron chi connectivity index (χ1n) is 8.42. The van der Waals surface area contributed by atoms with Crippen molar-refractivity contribution in [2.24, 2.45) is 0 Å². The number of anilines is 2. The molecule has 0 fully saturated rings. The van der Waals surface area contributed by atoms with Gasteiger partial charge in [0.05, 0.1) is 0 Å². The van der Waals surface area contributed by atoms with Crippen LogP contribution >= 0.6 is 0 Å². The van der Waals surface area contributed by atoms with Crippen LogP contribution in [0.2, 0.25) is 0 Å². The summed E-state index contributed by atoms with van der Waals surface area (Å²) in [5.74, 6) is 0.0885. The molecular formula is C22H20N2O2. The zero-order valence-electron chi connectivity index (χ0n) is 14.5. The van der Waals surface area contributed by atoms with Gasteiger partial charge in [-0.25, -0.2) is 4.79 Å². The molecule has 3 aromatic rings. The van der Waals surface area contributed by atoms with Crippen LogP contribution in [0.3, 0.4) is 0 Å². The molecule has 0 aliphatic heterocycles. The Morgan fingerprint density at radius 1 is 0.731 bits per heavy atom. The number of hydrogen-bond acceptors (Lipinski definition) is 2. The van der Waals surface area contributed by atoms with Gasteiger partial charge in [-0.15, -0.1) is 0 Å². The number of Topliss-reactive ketones (excluding diaryl/α,β-unsaturated/α-hetero) is 1. The van der Waals surface area contributed by atoms with Crippen LogP contribution in [0.5, 0.6) is 0 Å². The van der Waals surface area contributed by atoms with E-state index in [1.807, 2.05) is 73.7 Å². The number of hydrogen-bond donors (Lipinski definition) is 2. The molecule has 3 rings (SSSR count). The first-order chi connectivity index (χ1) is 12.6. The fourth-order valence-electron chi connectivity index (χ4n) is 2.69. The molecule has 0 saturated heterocycles. The third-order valence-electron chi connectivity index (χ3n) is 4.05. The standard InChI is InChI=1S/C22H20N2O2/c1-16-7-5-6-10-20(16)21(25)15-17-11-13-19(14-12-17)24-22(26)23-18-8-3-2-4-9-18/h2-14H,15H2,1H3,(H2,23,24,26). The van der Waals surface area contributed by atoms with E-state index in [2.05, 4.69) is 10.6 Å². The molecule has 0 spiro atoms. The first kappa shape index (κ1) is 17.4. The summed E-state index contributed by atoms with van der Waals surface area (Å²) in [5.41, 5.74) is 4.04. The zero-order valence-corrected chi connectivity index (χ0v) is 14.5. The lowest BCUT2D eigenvalue weighted by Crippen LogP contribution is -2.19. The van der Waals surface area contributed by atoms with E-state index in [4.69, 9.17) is 0 Å². The maximum Gasteiger partial charge on any atom is 0.323 e. The van der Waals surface area contributed by atoms with Crippen LogP contribution in [0.4, 0.5) is 16.2 Å². The van der Waals surface area contributed by atoms with Crippen molar-refractivity contribution in [3.05, 3.63) is 95.6 Å². The van der Waals surface area contributed by atoms with Crippen molar-refractivity contribution < 1.29 is 9.59 Å². The topological polar surface area (TPSA) is 58.2 Å². The maximum absolute atomic E-state index is 12.4. The van der Waals surface area contributed by atoms with E-state index >= 15 is 0 Å². The molecule has 130 valence electrons. The minimum absolute atomic E-state index is 0.0885. The average molecular weight is 344 g/mol. The lowest BCUT2D eigenvalue weighted by molar-refractivity contribution is 0.0992. The maximum atomic E-state index is 12.4. The number of para-hydroxylation sites is 1. The Kier molecular flexibility index (Phi) is 5.44. The summed E-state index contributed by atoms with van der Waals surface area (Å²) < 4.78 is 0. The molecule has 3 aromatic carbocycles. The molecule has 4 heteroatoms. The highest BCUT2D eigenvalue weighted by atomic mass is 16.2. The second-order valence-electron chi connectivity index (χ2n) is 6.06. The highest BCUT2D eigenvalue weighted by molar-refractivity contribution is 6.00. The Morgan fingerprint density at radius 3 is 1.96 bits per heavy atom. The van der Waals surface area contributed by atoms with Gasteiger partial charge in [-0.3, -0.25) is 4.79 Å². The lowest BCUT2D eigenvalue weighted by Gasteiger charge is -2.09.